The van der Waals surface area contributed by atoms with Crippen LogP contribution in [0.15, 0.2) is 11.6 Å². The van der Waals surface area contributed by atoms with Crippen LogP contribution in [0.4, 0.5) is 0 Å². The molecule has 17 heteroatoms. The second kappa shape index (κ2) is 17.9. The lowest BCUT2D eigenvalue weighted by Gasteiger charge is -2.58. The van der Waals surface area contributed by atoms with Crippen molar-refractivity contribution in [3.63, 3.8) is 0 Å². The van der Waals surface area contributed by atoms with Crippen molar-refractivity contribution in [1.82, 2.24) is 0 Å². The zero-order valence-corrected chi connectivity index (χ0v) is 37.3. The molecule has 0 bridgehead atoms. The minimum Gasteiger partial charge on any atom is -0.394 e. The van der Waals surface area contributed by atoms with Crippen LogP contribution in [0.25, 0.3) is 0 Å². The molecular formula is C46H74O17. The zero-order valence-electron chi connectivity index (χ0n) is 37.3. The van der Waals surface area contributed by atoms with Crippen LogP contribution in [-0.2, 0) is 37.9 Å². The smallest absolute Gasteiger partial charge is 0.187 e. The molecule has 3 saturated carbocycles. The monoisotopic (exact) mass is 898 g/mol. The summed E-state index contributed by atoms with van der Waals surface area (Å²) in [6, 6.07) is 0. The van der Waals surface area contributed by atoms with E-state index in [9.17, 15) is 46.0 Å². The van der Waals surface area contributed by atoms with Crippen molar-refractivity contribution in [2.45, 2.75) is 202 Å². The standard InChI is InChI=1S/C46H74O17/c1-20-8-13-46(57-18-20)21(2)32-28(63-46)15-27-25-7-6-23-14-24(9-11-44(23,4)26(25)10-12-45(27,32)5)59-43-41(56-19-31-35(51)38(54)34(50)29(16-47)60-31)40(36(52)30(17-48)61-43)62-42-39(55)37(53)33(49)22(3)58-42/h6,20-22,24-43,47-55H,7-19H2,1-5H3/t20-,21+,22+,24-,25-,26-,27-,28-,29-,30-,31+,32+,33+,34-,35+,36-,37-,38+,39-,40+,41-,42+,43-,44+,45+,46-/m1/s1. The van der Waals surface area contributed by atoms with Crippen LogP contribution < -0.4 is 0 Å². The second-order valence-corrected chi connectivity index (χ2v) is 21.4. The molecule has 0 aromatic rings. The highest BCUT2D eigenvalue weighted by atomic mass is 16.7. The van der Waals surface area contributed by atoms with Gasteiger partial charge in [0.2, 0.25) is 0 Å². The van der Waals surface area contributed by atoms with Crippen LogP contribution in [0.1, 0.15) is 92.4 Å². The highest BCUT2D eigenvalue weighted by Gasteiger charge is 2.69. The first-order chi connectivity index (χ1) is 29.9. The molecule has 63 heavy (non-hydrogen) atoms. The minimum atomic E-state index is -1.73. The van der Waals surface area contributed by atoms with Crippen LogP contribution in [0.3, 0.4) is 0 Å². The van der Waals surface area contributed by atoms with Gasteiger partial charge in [0.25, 0.3) is 0 Å². The van der Waals surface area contributed by atoms with Crippen molar-refractivity contribution in [1.29, 1.82) is 0 Å². The van der Waals surface area contributed by atoms with Gasteiger partial charge in [-0.1, -0.05) is 39.3 Å². The van der Waals surface area contributed by atoms with Gasteiger partial charge in [0.05, 0.1) is 44.7 Å². The number of aliphatic hydroxyl groups excluding tert-OH is 9. The Hall–Kier alpha value is -0.940. The molecule has 5 heterocycles. The topological polar surface area (TPSA) is 256 Å². The molecule has 8 fully saturated rings. The quantitative estimate of drug-likeness (QED) is 0.141. The zero-order chi connectivity index (χ0) is 44.9. The number of aliphatic hydroxyl groups is 9. The van der Waals surface area contributed by atoms with Crippen LogP contribution in [0.2, 0.25) is 0 Å². The van der Waals surface area contributed by atoms with E-state index in [0.717, 1.165) is 51.6 Å². The summed E-state index contributed by atoms with van der Waals surface area (Å²) in [6.45, 7) is 10.1. The Balaban J connectivity index is 0.928. The third kappa shape index (κ3) is 7.91. The molecule has 360 valence electrons. The first-order valence-electron chi connectivity index (χ1n) is 23.8. The van der Waals surface area contributed by atoms with E-state index >= 15 is 0 Å². The summed E-state index contributed by atoms with van der Waals surface area (Å²) in [5.74, 6) is 2.57. The average molecular weight is 899 g/mol. The van der Waals surface area contributed by atoms with Crippen molar-refractivity contribution >= 4 is 0 Å². The predicted octanol–water partition coefficient (Wildman–Crippen LogP) is 0.257. The lowest BCUT2D eigenvalue weighted by atomic mass is 9.47. The summed E-state index contributed by atoms with van der Waals surface area (Å²) in [5.41, 5.74) is 1.50. The number of hydrogen-bond acceptors (Lipinski definition) is 17. The molecule has 0 amide bonds. The van der Waals surface area contributed by atoms with E-state index < -0.39 is 118 Å². The Morgan fingerprint density at radius 2 is 1.41 bits per heavy atom. The largest absolute Gasteiger partial charge is 0.394 e. The van der Waals surface area contributed by atoms with Gasteiger partial charge in [0, 0.05) is 12.3 Å². The molecule has 5 aliphatic heterocycles. The van der Waals surface area contributed by atoms with Crippen LogP contribution in [0, 0.1) is 46.3 Å². The highest BCUT2D eigenvalue weighted by Crippen LogP contribution is 2.70. The molecule has 1 spiro atoms. The van der Waals surface area contributed by atoms with Crippen LogP contribution >= 0.6 is 0 Å². The molecule has 9 rings (SSSR count). The van der Waals surface area contributed by atoms with Gasteiger partial charge in [-0.25, -0.2) is 0 Å². The number of ether oxygens (including phenoxy) is 8. The Morgan fingerprint density at radius 1 is 0.698 bits per heavy atom. The number of rotatable bonds is 9. The highest BCUT2D eigenvalue weighted by molar-refractivity contribution is 5.26. The molecule has 0 aromatic heterocycles. The third-order valence-corrected chi connectivity index (χ3v) is 18.0. The number of fused-ring (bicyclic) bond motifs is 7. The summed E-state index contributed by atoms with van der Waals surface area (Å²) in [5, 5.41) is 95.4. The molecule has 0 unspecified atom stereocenters. The summed E-state index contributed by atoms with van der Waals surface area (Å²) in [4.78, 5) is 0. The maximum atomic E-state index is 11.6. The van der Waals surface area contributed by atoms with Gasteiger partial charge in [-0.15, -0.1) is 0 Å². The summed E-state index contributed by atoms with van der Waals surface area (Å²) in [7, 11) is 0. The predicted molar refractivity (Wildman–Crippen MR) is 219 cm³/mol. The minimum absolute atomic E-state index is 0.0312. The summed E-state index contributed by atoms with van der Waals surface area (Å²) >= 11 is 0. The van der Waals surface area contributed by atoms with Gasteiger partial charge in [0.1, 0.15) is 73.2 Å². The van der Waals surface area contributed by atoms with Crippen molar-refractivity contribution in [2.75, 3.05) is 26.4 Å². The SMILES string of the molecule is C[C@@H]1CC[C@@]2(OC1)O[C@@H]1C[C@@H]3[C@@H]4CC=C5C[C@H](O[C@@H]6O[C@H](CO)[C@@H](O)[C@H](O[C@@H]7O[C@@H](C)[C@H](O)[C@@H](O)[C@H]7O)[C@H]6OC[C@@H]6O[C@H](CO)[C@@H](O)[C@H](O)[C@H]6O)CC[C@]5(C)[C@@H]4CC[C@]3(C)[C@H]1[C@@H]2C. The Labute approximate surface area is 369 Å². The van der Waals surface area contributed by atoms with E-state index in [4.69, 9.17) is 37.9 Å². The number of allylic oxidation sites excluding steroid dienone is 1. The van der Waals surface area contributed by atoms with Gasteiger partial charge in [0.15, 0.2) is 18.4 Å². The van der Waals surface area contributed by atoms with Crippen LogP contribution in [-0.4, -0.2) is 182 Å². The number of hydrogen-bond donors (Lipinski definition) is 9. The fourth-order valence-electron chi connectivity index (χ4n) is 14.2. The lowest BCUT2D eigenvalue weighted by Crippen LogP contribution is -2.66. The van der Waals surface area contributed by atoms with Gasteiger partial charge in [-0.05, 0) is 98.7 Å². The van der Waals surface area contributed by atoms with E-state index in [-0.39, 0.29) is 23.0 Å². The maximum absolute atomic E-state index is 11.6. The third-order valence-electron chi connectivity index (χ3n) is 18.0. The molecular weight excluding hydrogens is 824 g/mol. The first-order valence-corrected chi connectivity index (χ1v) is 23.8. The van der Waals surface area contributed by atoms with Gasteiger partial charge >= 0.3 is 0 Å². The van der Waals surface area contributed by atoms with E-state index in [1.54, 1.807) is 0 Å². The molecule has 0 radical (unpaired) electrons. The molecule has 17 nitrogen and oxygen atoms in total. The molecule has 5 saturated heterocycles. The maximum Gasteiger partial charge on any atom is 0.187 e. The van der Waals surface area contributed by atoms with Gasteiger partial charge in [-0.2, -0.15) is 0 Å². The van der Waals surface area contributed by atoms with Crippen LogP contribution in [0.5, 0.6) is 0 Å². The normalized spacial score (nSPS) is 56.9. The van der Waals surface area contributed by atoms with Crippen molar-refractivity contribution in [3.8, 4) is 0 Å². The molecule has 9 N–H and O–H groups in total. The Kier molecular flexibility index (Phi) is 13.4. The Morgan fingerprint density at radius 3 is 2.13 bits per heavy atom. The fraction of sp³-hybridized carbons (Fsp3) is 0.957. The first kappa shape index (κ1) is 47.1. The van der Waals surface area contributed by atoms with E-state index in [1.165, 1.54) is 12.5 Å². The summed E-state index contributed by atoms with van der Waals surface area (Å²) < 4.78 is 50.5. The fourth-order valence-corrected chi connectivity index (χ4v) is 14.2. The van der Waals surface area contributed by atoms with Gasteiger partial charge < -0.3 is 83.9 Å². The second-order valence-electron chi connectivity index (χ2n) is 21.4. The molecule has 4 aliphatic carbocycles. The van der Waals surface area contributed by atoms with E-state index in [1.807, 2.05) is 0 Å². The lowest BCUT2D eigenvalue weighted by molar-refractivity contribution is -0.369. The summed E-state index contributed by atoms with van der Waals surface area (Å²) in [6.07, 6.45) is -10.5. The van der Waals surface area contributed by atoms with Gasteiger partial charge in [-0.3, -0.25) is 0 Å². The van der Waals surface area contributed by atoms with E-state index in [2.05, 4.69) is 33.8 Å². The van der Waals surface area contributed by atoms with Crippen molar-refractivity contribution in [3.05, 3.63) is 11.6 Å². The average Bonchev–Trinajstić information content (AvgIpc) is 3.72. The molecule has 9 aliphatic rings. The molecule has 26 atom stereocenters. The molecule has 0 aromatic carbocycles. The van der Waals surface area contributed by atoms with Crippen molar-refractivity contribution in [2.24, 2.45) is 46.3 Å². The Bertz CT molecular complexity index is 1630. The van der Waals surface area contributed by atoms with Crippen molar-refractivity contribution < 1.29 is 83.9 Å². The van der Waals surface area contributed by atoms with E-state index in [0.29, 0.717) is 48.3 Å².